The van der Waals surface area contributed by atoms with Gasteiger partial charge in [0.25, 0.3) is 20.0 Å². The SMILES string of the molecule is Cc1ccnc(NS(=O)(=O)c2ccc(NS(=O)(=O)c3cn(C(C)C)nc3-c3ccccc3)cc2)n1. The summed E-state index contributed by atoms with van der Waals surface area (Å²) >= 11 is 0. The summed E-state index contributed by atoms with van der Waals surface area (Å²) in [5, 5.41) is 4.48. The highest BCUT2D eigenvalue weighted by molar-refractivity contribution is 7.93. The van der Waals surface area contributed by atoms with Crippen LogP contribution in [0, 0.1) is 6.92 Å². The second-order valence-electron chi connectivity index (χ2n) is 8.04. The molecule has 0 amide bonds. The van der Waals surface area contributed by atoms with Gasteiger partial charge >= 0.3 is 0 Å². The van der Waals surface area contributed by atoms with Crippen LogP contribution in [-0.2, 0) is 20.0 Å². The van der Waals surface area contributed by atoms with Crippen molar-refractivity contribution in [3.05, 3.63) is 78.8 Å². The monoisotopic (exact) mass is 512 g/mol. The predicted octanol–water partition coefficient (Wildman–Crippen LogP) is 3.83. The van der Waals surface area contributed by atoms with Crippen molar-refractivity contribution in [2.24, 2.45) is 0 Å². The van der Waals surface area contributed by atoms with Crippen LogP contribution in [0.5, 0.6) is 0 Å². The Bertz CT molecular complexity index is 1550. The molecule has 0 spiro atoms. The molecule has 0 aliphatic heterocycles. The summed E-state index contributed by atoms with van der Waals surface area (Å²) in [6.45, 7) is 5.52. The average molecular weight is 513 g/mol. The third kappa shape index (κ3) is 5.49. The normalized spacial score (nSPS) is 12.0. The van der Waals surface area contributed by atoms with Crippen LogP contribution in [0.25, 0.3) is 11.3 Å². The van der Waals surface area contributed by atoms with E-state index in [9.17, 15) is 16.8 Å². The van der Waals surface area contributed by atoms with Crippen molar-refractivity contribution in [3.8, 4) is 11.3 Å². The first-order valence-electron chi connectivity index (χ1n) is 10.6. The molecule has 0 bridgehead atoms. The van der Waals surface area contributed by atoms with Gasteiger partial charge in [-0.3, -0.25) is 9.40 Å². The highest BCUT2D eigenvalue weighted by Crippen LogP contribution is 2.29. The Balaban J connectivity index is 1.60. The lowest BCUT2D eigenvalue weighted by Crippen LogP contribution is -2.16. The molecule has 4 aromatic rings. The van der Waals surface area contributed by atoms with Crippen molar-refractivity contribution >= 4 is 31.7 Å². The molecule has 2 aromatic carbocycles. The van der Waals surface area contributed by atoms with E-state index in [0.29, 0.717) is 17.0 Å². The van der Waals surface area contributed by atoms with Crippen LogP contribution in [0.4, 0.5) is 11.6 Å². The Morgan fingerprint density at radius 2 is 1.54 bits per heavy atom. The molecule has 182 valence electrons. The minimum atomic E-state index is -4.02. The van der Waals surface area contributed by atoms with Gasteiger partial charge in [-0.15, -0.1) is 0 Å². The molecule has 0 atom stereocenters. The zero-order valence-corrected chi connectivity index (χ0v) is 20.9. The fourth-order valence-corrected chi connectivity index (χ4v) is 5.39. The maximum Gasteiger partial charge on any atom is 0.265 e. The van der Waals surface area contributed by atoms with E-state index < -0.39 is 20.0 Å². The van der Waals surface area contributed by atoms with Gasteiger partial charge in [-0.2, -0.15) is 5.10 Å². The van der Waals surface area contributed by atoms with E-state index in [1.807, 2.05) is 32.0 Å². The molecule has 35 heavy (non-hydrogen) atoms. The summed E-state index contributed by atoms with van der Waals surface area (Å²) in [5.41, 5.74) is 1.80. The highest BCUT2D eigenvalue weighted by Gasteiger charge is 2.25. The highest BCUT2D eigenvalue weighted by atomic mass is 32.2. The van der Waals surface area contributed by atoms with E-state index in [-0.39, 0.29) is 27.5 Å². The number of nitrogens with one attached hydrogen (secondary N) is 2. The number of benzene rings is 2. The van der Waals surface area contributed by atoms with Crippen LogP contribution in [0.1, 0.15) is 25.6 Å². The third-order valence-electron chi connectivity index (χ3n) is 5.00. The van der Waals surface area contributed by atoms with Gasteiger partial charge < -0.3 is 0 Å². The maximum atomic E-state index is 13.3. The van der Waals surface area contributed by atoms with Gasteiger partial charge in [0.2, 0.25) is 5.95 Å². The van der Waals surface area contributed by atoms with Gasteiger partial charge in [0.15, 0.2) is 0 Å². The Labute approximate surface area is 204 Å². The molecule has 4 rings (SSSR count). The number of aryl methyl sites for hydroxylation is 1. The molecule has 0 unspecified atom stereocenters. The first-order valence-corrected chi connectivity index (χ1v) is 13.6. The van der Waals surface area contributed by atoms with Crippen molar-refractivity contribution in [2.45, 2.75) is 36.6 Å². The minimum absolute atomic E-state index is 0.0207. The first-order chi connectivity index (χ1) is 16.5. The summed E-state index contributed by atoms with van der Waals surface area (Å²) in [6.07, 6.45) is 2.93. The fraction of sp³-hybridized carbons (Fsp3) is 0.174. The number of hydrogen-bond donors (Lipinski definition) is 2. The molecule has 2 aromatic heterocycles. The molecule has 10 nitrogen and oxygen atoms in total. The van der Waals surface area contributed by atoms with Gasteiger partial charge in [-0.1, -0.05) is 30.3 Å². The number of anilines is 2. The number of sulfonamides is 2. The number of rotatable bonds is 8. The Morgan fingerprint density at radius 3 is 2.17 bits per heavy atom. The molecule has 0 radical (unpaired) electrons. The lowest BCUT2D eigenvalue weighted by atomic mass is 10.2. The zero-order chi connectivity index (χ0) is 25.2. The molecule has 2 N–H and O–H groups in total. The number of aromatic nitrogens is 4. The summed E-state index contributed by atoms with van der Waals surface area (Å²) in [7, 11) is -7.98. The number of nitrogens with zero attached hydrogens (tertiary/aromatic N) is 4. The van der Waals surface area contributed by atoms with Crippen molar-refractivity contribution in [2.75, 3.05) is 9.44 Å². The molecule has 2 heterocycles. The first kappa shape index (κ1) is 24.4. The van der Waals surface area contributed by atoms with Gasteiger partial charge in [0, 0.05) is 35.4 Å². The predicted molar refractivity (Wildman–Crippen MR) is 133 cm³/mol. The average Bonchev–Trinajstić information content (AvgIpc) is 3.27. The molecule has 0 saturated heterocycles. The lowest BCUT2D eigenvalue weighted by molar-refractivity contribution is 0.532. The molecule has 0 aliphatic rings. The van der Waals surface area contributed by atoms with E-state index in [0.717, 1.165) is 0 Å². The Morgan fingerprint density at radius 1 is 0.857 bits per heavy atom. The van der Waals surface area contributed by atoms with Crippen LogP contribution in [0.15, 0.2) is 82.8 Å². The fourth-order valence-electron chi connectivity index (χ4n) is 3.22. The maximum absolute atomic E-state index is 13.3. The topological polar surface area (TPSA) is 136 Å². The van der Waals surface area contributed by atoms with Gasteiger partial charge in [0.05, 0.1) is 4.90 Å². The molecule has 12 heteroatoms. The van der Waals surface area contributed by atoms with Gasteiger partial charge in [-0.05, 0) is 51.1 Å². The summed E-state index contributed by atoms with van der Waals surface area (Å²) in [6, 6.07) is 16.0. The second kappa shape index (κ2) is 9.47. The molecular formula is C23H24N6O4S2. The number of hydrogen-bond acceptors (Lipinski definition) is 7. The summed E-state index contributed by atoms with van der Waals surface area (Å²) < 4.78 is 58.3. The second-order valence-corrected chi connectivity index (χ2v) is 11.4. The Hall–Kier alpha value is -3.77. The van der Waals surface area contributed by atoms with Crippen LogP contribution < -0.4 is 9.44 Å². The molecule has 0 aliphatic carbocycles. The summed E-state index contributed by atoms with van der Waals surface area (Å²) in [5.74, 6) is -0.0506. The minimum Gasteiger partial charge on any atom is -0.280 e. The summed E-state index contributed by atoms with van der Waals surface area (Å²) in [4.78, 5) is 7.88. The molecular weight excluding hydrogens is 488 g/mol. The van der Waals surface area contributed by atoms with Gasteiger partial charge in [0.1, 0.15) is 10.6 Å². The van der Waals surface area contributed by atoms with Crippen LogP contribution in [0.2, 0.25) is 0 Å². The standard InChI is InChI=1S/C23H24N6O4S2/c1-16(2)29-15-21(22(26-29)18-7-5-4-6-8-18)35(32,33)27-19-9-11-20(12-10-19)34(30,31)28-23-24-14-13-17(3)25-23/h4-16,27H,1-3H3,(H,24,25,28). The molecule has 0 saturated carbocycles. The zero-order valence-electron chi connectivity index (χ0n) is 19.2. The quantitative estimate of drug-likeness (QED) is 0.366. The third-order valence-corrected chi connectivity index (χ3v) is 7.73. The van der Waals surface area contributed by atoms with Crippen LogP contribution >= 0.6 is 0 Å². The lowest BCUT2D eigenvalue weighted by Gasteiger charge is -2.10. The van der Waals surface area contributed by atoms with Crippen molar-refractivity contribution in [1.29, 1.82) is 0 Å². The van der Waals surface area contributed by atoms with Crippen molar-refractivity contribution in [1.82, 2.24) is 19.7 Å². The van der Waals surface area contributed by atoms with Gasteiger partial charge in [-0.25, -0.2) is 31.5 Å². The van der Waals surface area contributed by atoms with Crippen molar-refractivity contribution < 1.29 is 16.8 Å². The van der Waals surface area contributed by atoms with Crippen LogP contribution in [-0.4, -0.2) is 36.6 Å². The Kier molecular flexibility index (Phi) is 6.59. The van der Waals surface area contributed by atoms with E-state index in [1.165, 1.54) is 36.7 Å². The van der Waals surface area contributed by atoms with E-state index in [2.05, 4.69) is 24.5 Å². The van der Waals surface area contributed by atoms with Crippen LogP contribution in [0.3, 0.4) is 0 Å². The van der Waals surface area contributed by atoms with E-state index in [4.69, 9.17) is 0 Å². The molecule has 0 fully saturated rings. The van der Waals surface area contributed by atoms with Crippen molar-refractivity contribution in [3.63, 3.8) is 0 Å². The smallest absolute Gasteiger partial charge is 0.265 e. The largest absolute Gasteiger partial charge is 0.280 e. The van der Waals surface area contributed by atoms with E-state index in [1.54, 1.807) is 29.8 Å². The van der Waals surface area contributed by atoms with E-state index >= 15 is 0 Å².